The van der Waals surface area contributed by atoms with E-state index in [4.69, 9.17) is 0 Å². The molecule has 1 aromatic heterocycles. The van der Waals surface area contributed by atoms with Crippen LogP contribution in [0.5, 0.6) is 0 Å². The van der Waals surface area contributed by atoms with Gasteiger partial charge in [-0.05, 0) is 42.5 Å². The Morgan fingerprint density at radius 2 is 1.50 bits per heavy atom. The van der Waals surface area contributed by atoms with Gasteiger partial charge in [-0.1, -0.05) is 12.1 Å². The van der Waals surface area contributed by atoms with Crippen molar-refractivity contribution in [2.75, 3.05) is 45.6 Å². The number of amides is 2. The first-order valence-corrected chi connectivity index (χ1v) is 12.9. The lowest BCUT2D eigenvalue weighted by Gasteiger charge is -2.34. The van der Waals surface area contributed by atoms with Gasteiger partial charge in [0.15, 0.2) is 0 Å². The molecular weight excluding hydrogens is 480 g/mol. The van der Waals surface area contributed by atoms with Crippen LogP contribution in [0.2, 0.25) is 0 Å². The number of sulfonamides is 1. The summed E-state index contributed by atoms with van der Waals surface area (Å²) in [6.07, 6.45) is 1.62. The molecule has 3 aromatic rings. The lowest BCUT2D eigenvalue weighted by Crippen LogP contribution is -2.50. The smallest absolute Gasteiger partial charge is 0.253 e. The standard InChI is InChI=1S/C25H28N6O4S/c1-18(32)30-14-16-31(17-15-30)24(33)20-4-8-21(9-5-20)27-25-26-13-12-23(28-25)19-6-10-22(11-7-19)36(34,35)29(2)3/h4-13H,14-17H2,1-3H3,(H,26,27,28). The minimum absolute atomic E-state index is 0.0260. The summed E-state index contributed by atoms with van der Waals surface area (Å²) in [6.45, 7) is 3.66. The van der Waals surface area contributed by atoms with Gasteiger partial charge in [-0.2, -0.15) is 0 Å². The summed E-state index contributed by atoms with van der Waals surface area (Å²) < 4.78 is 25.7. The van der Waals surface area contributed by atoms with E-state index in [0.717, 1.165) is 11.3 Å². The number of carbonyl (C=O) groups excluding carboxylic acids is 2. The Kier molecular flexibility index (Phi) is 7.32. The molecule has 0 aliphatic carbocycles. The number of anilines is 2. The summed E-state index contributed by atoms with van der Waals surface area (Å²) in [5, 5.41) is 3.13. The number of benzene rings is 2. The van der Waals surface area contributed by atoms with Gasteiger partial charge in [0.1, 0.15) is 0 Å². The van der Waals surface area contributed by atoms with E-state index >= 15 is 0 Å². The van der Waals surface area contributed by atoms with Gasteiger partial charge in [-0.3, -0.25) is 9.59 Å². The summed E-state index contributed by atoms with van der Waals surface area (Å²) in [6, 6.07) is 15.3. The zero-order valence-corrected chi connectivity index (χ0v) is 21.2. The highest BCUT2D eigenvalue weighted by atomic mass is 32.2. The van der Waals surface area contributed by atoms with Gasteiger partial charge in [0.2, 0.25) is 21.9 Å². The molecule has 1 N–H and O–H groups in total. The van der Waals surface area contributed by atoms with Crippen molar-refractivity contribution in [3.8, 4) is 11.3 Å². The Balaban J connectivity index is 1.42. The van der Waals surface area contributed by atoms with Gasteiger partial charge in [0.05, 0.1) is 10.6 Å². The summed E-state index contributed by atoms with van der Waals surface area (Å²) in [5.41, 5.74) is 2.68. The van der Waals surface area contributed by atoms with Crippen molar-refractivity contribution < 1.29 is 18.0 Å². The van der Waals surface area contributed by atoms with E-state index in [1.807, 2.05) is 0 Å². The topological polar surface area (TPSA) is 116 Å². The maximum atomic E-state index is 12.8. The average Bonchev–Trinajstić information content (AvgIpc) is 2.89. The van der Waals surface area contributed by atoms with Gasteiger partial charge in [-0.25, -0.2) is 22.7 Å². The number of rotatable bonds is 6. The fourth-order valence-corrected chi connectivity index (χ4v) is 4.72. The van der Waals surface area contributed by atoms with Crippen LogP contribution in [0.3, 0.4) is 0 Å². The van der Waals surface area contributed by atoms with E-state index in [1.54, 1.807) is 70.6 Å². The van der Waals surface area contributed by atoms with Crippen LogP contribution in [-0.2, 0) is 14.8 Å². The van der Waals surface area contributed by atoms with Crippen molar-refractivity contribution in [3.05, 3.63) is 66.4 Å². The highest BCUT2D eigenvalue weighted by Crippen LogP contribution is 2.23. The third-order valence-electron chi connectivity index (χ3n) is 5.98. The van der Waals surface area contributed by atoms with Gasteiger partial charge >= 0.3 is 0 Å². The zero-order valence-electron chi connectivity index (χ0n) is 20.4. The average molecular weight is 509 g/mol. The van der Waals surface area contributed by atoms with Crippen LogP contribution in [0, 0.1) is 0 Å². The molecule has 1 aliphatic heterocycles. The molecule has 1 fully saturated rings. The Labute approximate surface area is 210 Å². The van der Waals surface area contributed by atoms with Gasteiger partial charge in [0.25, 0.3) is 5.91 Å². The third-order valence-corrected chi connectivity index (χ3v) is 7.81. The van der Waals surface area contributed by atoms with E-state index in [2.05, 4.69) is 15.3 Å². The highest BCUT2D eigenvalue weighted by molar-refractivity contribution is 7.89. The molecule has 11 heteroatoms. The van der Waals surface area contributed by atoms with Crippen molar-refractivity contribution in [2.45, 2.75) is 11.8 Å². The largest absolute Gasteiger partial charge is 0.339 e. The molecule has 0 saturated carbocycles. The minimum Gasteiger partial charge on any atom is -0.339 e. The summed E-state index contributed by atoms with van der Waals surface area (Å²) in [7, 11) is -0.520. The van der Waals surface area contributed by atoms with Gasteiger partial charge in [0, 0.05) is 70.2 Å². The van der Waals surface area contributed by atoms with E-state index in [0.29, 0.717) is 43.4 Å². The van der Waals surface area contributed by atoms with Crippen molar-refractivity contribution in [2.24, 2.45) is 0 Å². The zero-order chi connectivity index (χ0) is 25.9. The summed E-state index contributed by atoms with van der Waals surface area (Å²) in [5.74, 6) is 0.331. The minimum atomic E-state index is -3.50. The van der Waals surface area contributed by atoms with Crippen LogP contribution in [0.25, 0.3) is 11.3 Å². The predicted octanol–water partition coefficient (Wildman–Crippen LogP) is 2.44. The SMILES string of the molecule is CC(=O)N1CCN(C(=O)c2ccc(Nc3nccc(-c4ccc(S(=O)(=O)N(C)C)cc4)n3)cc2)CC1. The first kappa shape index (κ1) is 25.3. The second-order valence-corrected chi connectivity index (χ2v) is 10.7. The fraction of sp³-hybridized carbons (Fsp3) is 0.280. The second-order valence-electron chi connectivity index (χ2n) is 8.58. The molecular formula is C25H28N6O4S. The molecule has 0 spiro atoms. The van der Waals surface area contributed by atoms with Crippen molar-refractivity contribution in [3.63, 3.8) is 0 Å². The third kappa shape index (κ3) is 5.52. The fourth-order valence-electron chi connectivity index (χ4n) is 3.82. The molecule has 10 nitrogen and oxygen atoms in total. The summed E-state index contributed by atoms with van der Waals surface area (Å²) >= 11 is 0. The maximum absolute atomic E-state index is 12.8. The molecule has 0 atom stereocenters. The van der Waals surface area contributed by atoms with E-state index in [1.165, 1.54) is 25.3 Å². The Morgan fingerprint density at radius 3 is 2.08 bits per heavy atom. The number of hydrogen-bond acceptors (Lipinski definition) is 7. The van der Waals surface area contributed by atoms with Gasteiger partial charge < -0.3 is 15.1 Å². The normalized spacial score (nSPS) is 14.1. The predicted molar refractivity (Wildman–Crippen MR) is 136 cm³/mol. The van der Waals surface area contributed by atoms with Crippen LogP contribution in [-0.4, -0.2) is 84.6 Å². The molecule has 36 heavy (non-hydrogen) atoms. The molecule has 2 aromatic carbocycles. The second kappa shape index (κ2) is 10.4. The molecule has 4 rings (SSSR count). The highest BCUT2D eigenvalue weighted by Gasteiger charge is 2.23. The Hall–Kier alpha value is -3.83. The lowest BCUT2D eigenvalue weighted by molar-refractivity contribution is -0.130. The molecule has 1 saturated heterocycles. The molecule has 1 aliphatic rings. The van der Waals surface area contributed by atoms with E-state index in [9.17, 15) is 18.0 Å². The Morgan fingerprint density at radius 1 is 0.889 bits per heavy atom. The van der Waals surface area contributed by atoms with Crippen LogP contribution < -0.4 is 5.32 Å². The first-order chi connectivity index (χ1) is 17.1. The van der Waals surface area contributed by atoms with Crippen molar-refractivity contribution >= 4 is 33.5 Å². The number of carbonyl (C=O) groups is 2. The summed E-state index contributed by atoms with van der Waals surface area (Å²) in [4.78, 5) is 36.8. The van der Waals surface area contributed by atoms with Gasteiger partial charge in [-0.15, -0.1) is 0 Å². The number of piperazine rings is 1. The molecule has 0 radical (unpaired) electrons. The van der Waals surface area contributed by atoms with Crippen LogP contribution in [0.1, 0.15) is 17.3 Å². The monoisotopic (exact) mass is 508 g/mol. The molecule has 188 valence electrons. The van der Waals surface area contributed by atoms with E-state index in [-0.39, 0.29) is 16.7 Å². The maximum Gasteiger partial charge on any atom is 0.253 e. The van der Waals surface area contributed by atoms with E-state index < -0.39 is 10.0 Å². The van der Waals surface area contributed by atoms with Crippen molar-refractivity contribution in [1.29, 1.82) is 0 Å². The molecule has 2 amide bonds. The van der Waals surface area contributed by atoms with Crippen LogP contribution in [0.4, 0.5) is 11.6 Å². The molecule has 0 bridgehead atoms. The lowest BCUT2D eigenvalue weighted by atomic mass is 10.1. The Bertz CT molecular complexity index is 1350. The molecule has 2 heterocycles. The first-order valence-electron chi connectivity index (χ1n) is 11.4. The number of nitrogens with one attached hydrogen (secondary N) is 1. The number of aromatic nitrogens is 2. The molecule has 0 unspecified atom stereocenters. The number of nitrogens with zero attached hydrogens (tertiary/aromatic N) is 5. The number of hydrogen-bond donors (Lipinski definition) is 1. The van der Waals surface area contributed by atoms with Crippen molar-refractivity contribution in [1.82, 2.24) is 24.1 Å². The quantitative estimate of drug-likeness (QED) is 0.544. The van der Waals surface area contributed by atoms with Crippen LogP contribution >= 0.6 is 0 Å². The van der Waals surface area contributed by atoms with Crippen LogP contribution in [0.15, 0.2) is 65.7 Å².